The number of nitrogens with one attached hydrogen (secondary N) is 1. The Balaban J connectivity index is 1.67. The summed E-state index contributed by atoms with van der Waals surface area (Å²) in [5.41, 5.74) is 3.46. The number of hydrogen-bond acceptors (Lipinski definition) is 5. The highest BCUT2D eigenvalue weighted by Gasteiger charge is 2.19. The van der Waals surface area contributed by atoms with Crippen LogP contribution in [0.1, 0.15) is 20.7 Å². The highest BCUT2D eigenvalue weighted by Crippen LogP contribution is 2.24. The number of methoxy groups -OCH3 is 1. The summed E-state index contributed by atoms with van der Waals surface area (Å²) < 4.78 is 6.36. The number of carbonyl (C=O) groups is 2. The molecule has 2 heterocycles. The van der Waals surface area contributed by atoms with Crippen LogP contribution in [0.2, 0.25) is 0 Å². The zero-order valence-electron chi connectivity index (χ0n) is 16.1. The second-order valence-electron chi connectivity index (χ2n) is 6.44. The van der Waals surface area contributed by atoms with Gasteiger partial charge in [0.05, 0.1) is 23.9 Å². The molecular formula is C23H18N4O3. The highest BCUT2D eigenvalue weighted by atomic mass is 16.5. The second-order valence-corrected chi connectivity index (χ2v) is 6.44. The number of esters is 1. The van der Waals surface area contributed by atoms with Crippen molar-refractivity contribution in [2.45, 2.75) is 0 Å². The molecule has 0 fully saturated rings. The van der Waals surface area contributed by atoms with E-state index in [-0.39, 0.29) is 5.91 Å². The average molecular weight is 398 g/mol. The molecule has 1 N–H and O–H groups in total. The van der Waals surface area contributed by atoms with E-state index in [0.717, 1.165) is 11.3 Å². The Morgan fingerprint density at radius 1 is 0.967 bits per heavy atom. The van der Waals surface area contributed by atoms with E-state index in [2.05, 4.69) is 15.4 Å². The van der Waals surface area contributed by atoms with Gasteiger partial charge in [-0.1, -0.05) is 18.2 Å². The van der Waals surface area contributed by atoms with Crippen molar-refractivity contribution < 1.29 is 14.3 Å². The van der Waals surface area contributed by atoms with Crippen molar-refractivity contribution in [2.75, 3.05) is 12.4 Å². The lowest BCUT2D eigenvalue weighted by atomic mass is 10.1. The van der Waals surface area contributed by atoms with E-state index >= 15 is 0 Å². The average Bonchev–Trinajstić information content (AvgIpc) is 3.26. The number of carbonyl (C=O) groups excluding carboxylic acids is 2. The molecule has 1 amide bonds. The SMILES string of the molecule is COC(=O)c1ccc(NC(=O)c2cn(-c3ccccc3)nc2-c2cccnc2)cc1. The summed E-state index contributed by atoms with van der Waals surface area (Å²) in [6.07, 6.45) is 5.02. The summed E-state index contributed by atoms with van der Waals surface area (Å²) in [7, 11) is 1.32. The number of hydrogen-bond donors (Lipinski definition) is 1. The summed E-state index contributed by atoms with van der Waals surface area (Å²) in [5, 5.41) is 7.47. The van der Waals surface area contributed by atoms with E-state index in [1.807, 2.05) is 36.4 Å². The number of nitrogens with zero attached hydrogens (tertiary/aromatic N) is 3. The third-order valence-corrected chi connectivity index (χ3v) is 4.48. The third kappa shape index (κ3) is 3.95. The van der Waals surface area contributed by atoms with Gasteiger partial charge in [0.2, 0.25) is 0 Å². The zero-order valence-corrected chi connectivity index (χ0v) is 16.1. The van der Waals surface area contributed by atoms with Crippen LogP contribution >= 0.6 is 0 Å². The lowest BCUT2D eigenvalue weighted by Gasteiger charge is -2.06. The molecule has 0 aliphatic carbocycles. The van der Waals surface area contributed by atoms with Crippen LogP contribution in [-0.2, 0) is 4.74 Å². The van der Waals surface area contributed by atoms with Gasteiger partial charge < -0.3 is 10.1 Å². The molecule has 4 rings (SSSR count). The fraction of sp³-hybridized carbons (Fsp3) is 0.0435. The van der Waals surface area contributed by atoms with Crippen LogP contribution in [0.5, 0.6) is 0 Å². The van der Waals surface area contributed by atoms with Crippen molar-refractivity contribution in [1.29, 1.82) is 0 Å². The monoisotopic (exact) mass is 398 g/mol. The van der Waals surface area contributed by atoms with Crippen LogP contribution in [0, 0.1) is 0 Å². The van der Waals surface area contributed by atoms with E-state index in [1.165, 1.54) is 7.11 Å². The van der Waals surface area contributed by atoms with Crippen LogP contribution in [0.4, 0.5) is 5.69 Å². The van der Waals surface area contributed by atoms with Crippen LogP contribution in [-0.4, -0.2) is 33.8 Å². The fourth-order valence-corrected chi connectivity index (χ4v) is 2.98. The van der Waals surface area contributed by atoms with Gasteiger partial charge in [-0.25, -0.2) is 9.48 Å². The molecule has 0 saturated carbocycles. The first-order valence-corrected chi connectivity index (χ1v) is 9.21. The van der Waals surface area contributed by atoms with E-state index in [4.69, 9.17) is 4.74 Å². The van der Waals surface area contributed by atoms with Gasteiger partial charge in [0, 0.05) is 29.8 Å². The molecule has 0 saturated heterocycles. The van der Waals surface area contributed by atoms with Crippen molar-refractivity contribution in [3.8, 4) is 16.9 Å². The van der Waals surface area contributed by atoms with Crippen LogP contribution in [0.15, 0.2) is 85.3 Å². The first-order valence-electron chi connectivity index (χ1n) is 9.21. The quantitative estimate of drug-likeness (QED) is 0.514. The van der Waals surface area contributed by atoms with E-state index < -0.39 is 5.97 Å². The van der Waals surface area contributed by atoms with E-state index in [9.17, 15) is 9.59 Å². The summed E-state index contributed by atoms with van der Waals surface area (Å²) >= 11 is 0. The maximum absolute atomic E-state index is 13.1. The van der Waals surface area contributed by atoms with Gasteiger partial charge in [0.15, 0.2) is 0 Å². The number of rotatable bonds is 5. The number of aromatic nitrogens is 3. The molecule has 0 spiro atoms. The number of benzene rings is 2. The predicted octanol–water partition coefficient (Wildman–Crippen LogP) is 3.97. The van der Waals surface area contributed by atoms with Crippen molar-refractivity contribution >= 4 is 17.6 Å². The molecule has 0 aliphatic rings. The van der Waals surface area contributed by atoms with Crippen LogP contribution in [0.3, 0.4) is 0 Å². The summed E-state index contributed by atoms with van der Waals surface area (Å²) in [6, 6.07) is 19.7. The molecule has 30 heavy (non-hydrogen) atoms. The van der Waals surface area contributed by atoms with Gasteiger partial charge >= 0.3 is 5.97 Å². The molecule has 0 bridgehead atoms. The van der Waals surface area contributed by atoms with Gasteiger partial charge in [-0.2, -0.15) is 5.10 Å². The van der Waals surface area contributed by atoms with Gasteiger partial charge in [0.25, 0.3) is 5.91 Å². The van der Waals surface area contributed by atoms with Crippen molar-refractivity contribution in [3.63, 3.8) is 0 Å². The number of amides is 1. The van der Waals surface area contributed by atoms with Crippen molar-refractivity contribution in [1.82, 2.24) is 14.8 Å². The Labute approximate surface area is 173 Å². The van der Waals surface area contributed by atoms with E-state index in [1.54, 1.807) is 53.6 Å². The number of ether oxygens (including phenoxy) is 1. The molecule has 7 heteroatoms. The largest absolute Gasteiger partial charge is 0.465 e. The number of pyridine rings is 1. The third-order valence-electron chi connectivity index (χ3n) is 4.48. The summed E-state index contributed by atoms with van der Waals surface area (Å²) in [4.78, 5) is 28.8. The maximum Gasteiger partial charge on any atom is 0.337 e. The normalized spacial score (nSPS) is 10.4. The second kappa shape index (κ2) is 8.40. The minimum absolute atomic E-state index is 0.318. The lowest BCUT2D eigenvalue weighted by molar-refractivity contribution is 0.0600. The Hall–Kier alpha value is -4.26. The Bertz CT molecular complexity index is 1170. The molecule has 0 atom stereocenters. The first-order chi connectivity index (χ1) is 14.7. The van der Waals surface area contributed by atoms with Gasteiger partial charge in [0.1, 0.15) is 5.69 Å². The molecule has 7 nitrogen and oxygen atoms in total. The van der Waals surface area contributed by atoms with Crippen molar-refractivity contribution in [2.24, 2.45) is 0 Å². The summed E-state index contributed by atoms with van der Waals surface area (Å²) in [5.74, 6) is -0.752. The van der Waals surface area contributed by atoms with Gasteiger partial charge in [-0.15, -0.1) is 0 Å². The Morgan fingerprint density at radius 3 is 2.40 bits per heavy atom. The Kier molecular flexibility index (Phi) is 5.34. The minimum atomic E-state index is -0.434. The zero-order chi connectivity index (χ0) is 20.9. The van der Waals surface area contributed by atoms with Crippen LogP contribution < -0.4 is 5.32 Å². The molecule has 0 unspecified atom stereocenters. The summed E-state index contributed by atoms with van der Waals surface area (Å²) in [6.45, 7) is 0. The molecule has 2 aromatic heterocycles. The first kappa shape index (κ1) is 19.1. The van der Waals surface area contributed by atoms with Crippen LogP contribution in [0.25, 0.3) is 16.9 Å². The molecule has 0 aliphatic heterocycles. The number of anilines is 1. The fourth-order valence-electron chi connectivity index (χ4n) is 2.98. The van der Waals surface area contributed by atoms with Crippen molar-refractivity contribution in [3.05, 3.63) is 96.4 Å². The lowest BCUT2D eigenvalue weighted by Crippen LogP contribution is -2.12. The molecule has 2 aromatic carbocycles. The molecule has 0 radical (unpaired) electrons. The van der Waals surface area contributed by atoms with Gasteiger partial charge in [-0.05, 0) is 48.5 Å². The number of para-hydroxylation sites is 1. The Morgan fingerprint density at radius 2 is 1.73 bits per heavy atom. The minimum Gasteiger partial charge on any atom is -0.465 e. The van der Waals surface area contributed by atoms with Gasteiger partial charge in [-0.3, -0.25) is 9.78 Å². The standard InChI is InChI=1S/C23H18N4O3/c1-30-23(29)16-9-11-18(12-10-16)25-22(28)20-15-27(19-7-3-2-4-8-19)26-21(20)17-6-5-13-24-14-17/h2-15H,1H3,(H,25,28). The molecule has 4 aromatic rings. The topological polar surface area (TPSA) is 86.1 Å². The molecular weight excluding hydrogens is 380 g/mol. The maximum atomic E-state index is 13.1. The molecule has 148 valence electrons. The smallest absolute Gasteiger partial charge is 0.337 e. The highest BCUT2D eigenvalue weighted by molar-refractivity contribution is 6.08. The van der Waals surface area contributed by atoms with E-state index in [0.29, 0.717) is 22.5 Å². The predicted molar refractivity (Wildman–Crippen MR) is 113 cm³/mol.